The van der Waals surface area contributed by atoms with Crippen LogP contribution in [0.5, 0.6) is 0 Å². The predicted molar refractivity (Wildman–Crippen MR) is 111 cm³/mol. The summed E-state index contributed by atoms with van der Waals surface area (Å²) in [6, 6.07) is 14.4. The van der Waals surface area contributed by atoms with Gasteiger partial charge in [-0.25, -0.2) is 4.98 Å². The molecule has 1 amide bonds. The molecule has 1 N–H and O–H groups in total. The number of aromatic nitrogens is 2. The molecule has 4 rings (SSSR count). The minimum Gasteiger partial charge on any atom is -0.352 e. The van der Waals surface area contributed by atoms with Crippen molar-refractivity contribution in [2.45, 2.75) is 39.3 Å². The Hall–Kier alpha value is -2.66. The van der Waals surface area contributed by atoms with Gasteiger partial charge in [-0.05, 0) is 55.1 Å². The van der Waals surface area contributed by atoms with Gasteiger partial charge < -0.3 is 9.72 Å². The highest BCUT2D eigenvalue weighted by Crippen LogP contribution is 2.18. The van der Waals surface area contributed by atoms with Crippen molar-refractivity contribution in [1.82, 2.24) is 19.6 Å². The van der Waals surface area contributed by atoms with Crippen LogP contribution in [0.4, 0.5) is 0 Å². The van der Waals surface area contributed by atoms with Crippen LogP contribution in [-0.4, -0.2) is 33.3 Å². The summed E-state index contributed by atoms with van der Waals surface area (Å²) in [7, 11) is 0. The third kappa shape index (κ3) is 4.78. The zero-order valence-electron chi connectivity index (χ0n) is 16.5. The van der Waals surface area contributed by atoms with E-state index in [2.05, 4.69) is 46.4 Å². The van der Waals surface area contributed by atoms with Gasteiger partial charge in [-0.1, -0.05) is 37.3 Å². The van der Waals surface area contributed by atoms with E-state index in [0.29, 0.717) is 13.0 Å². The number of likely N-dealkylation sites (tertiary alicyclic amines) is 1. The molecular formula is C23H28N4O. The summed E-state index contributed by atoms with van der Waals surface area (Å²) in [6.07, 6.45) is 6.75. The minimum absolute atomic E-state index is 0.00470. The molecule has 0 aliphatic carbocycles. The summed E-state index contributed by atoms with van der Waals surface area (Å²) in [5, 5.41) is 3.00. The number of amides is 1. The monoisotopic (exact) mass is 376 g/mol. The first-order valence-corrected chi connectivity index (χ1v) is 10.2. The van der Waals surface area contributed by atoms with E-state index in [-0.39, 0.29) is 5.91 Å². The Morgan fingerprint density at radius 3 is 2.61 bits per heavy atom. The first kappa shape index (κ1) is 18.7. The summed E-state index contributed by atoms with van der Waals surface area (Å²) in [4.78, 5) is 19.3. The molecule has 28 heavy (non-hydrogen) atoms. The molecular weight excluding hydrogens is 348 g/mol. The summed E-state index contributed by atoms with van der Waals surface area (Å²) < 4.78 is 1.93. The zero-order chi connectivity index (χ0) is 19.3. The molecule has 3 heterocycles. The van der Waals surface area contributed by atoms with Gasteiger partial charge in [0.2, 0.25) is 5.91 Å². The van der Waals surface area contributed by atoms with E-state index < -0.39 is 0 Å². The van der Waals surface area contributed by atoms with Gasteiger partial charge in [0, 0.05) is 25.5 Å². The van der Waals surface area contributed by atoms with Crippen LogP contribution in [0.1, 0.15) is 36.6 Å². The lowest BCUT2D eigenvalue weighted by molar-refractivity contribution is -0.120. The van der Waals surface area contributed by atoms with Crippen LogP contribution in [0, 0.1) is 5.92 Å². The van der Waals surface area contributed by atoms with E-state index in [1.54, 1.807) is 0 Å². The van der Waals surface area contributed by atoms with Crippen LogP contribution in [0.25, 0.3) is 5.65 Å². The minimum atomic E-state index is -0.00470. The number of benzene rings is 1. The fraction of sp³-hybridized carbons (Fsp3) is 0.391. The number of hydrogen-bond donors (Lipinski definition) is 1. The van der Waals surface area contributed by atoms with Crippen LogP contribution in [-0.2, 0) is 24.3 Å². The standard InChI is InChI=1S/C23H28N4O/c1-18-9-12-26(13-10-18)16-20-7-5-19(6-8-20)15-24-23(28)14-21-17-27-11-3-2-4-22(27)25-21/h2-8,11,17-18H,9-10,12-16H2,1H3,(H,24,28). The van der Waals surface area contributed by atoms with Gasteiger partial charge >= 0.3 is 0 Å². The second-order valence-corrected chi connectivity index (χ2v) is 7.93. The molecule has 146 valence electrons. The molecule has 0 bridgehead atoms. The number of nitrogens with one attached hydrogen (secondary N) is 1. The Morgan fingerprint density at radius 2 is 1.86 bits per heavy atom. The van der Waals surface area contributed by atoms with Crippen LogP contribution in [0.15, 0.2) is 54.9 Å². The second-order valence-electron chi connectivity index (χ2n) is 7.93. The lowest BCUT2D eigenvalue weighted by Crippen LogP contribution is -2.32. The van der Waals surface area contributed by atoms with Crippen molar-refractivity contribution in [2.24, 2.45) is 5.92 Å². The highest BCUT2D eigenvalue weighted by molar-refractivity contribution is 5.78. The van der Waals surface area contributed by atoms with Crippen molar-refractivity contribution in [2.75, 3.05) is 13.1 Å². The maximum absolute atomic E-state index is 12.3. The van der Waals surface area contributed by atoms with E-state index >= 15 is 0 Å². The van der Waals surface area contributed by atoms with Crippen LogP contribution in [0.3, 0.4) is 0 Å². The number of imidazole rings is 1. The average Bonchev–Trinajstić information content (AvgIpc) is 3.11. The van der Waals surface area contributed by atoms with Crippen molar-refractivity contribution in [3.8, 4) is 0 Å². The van der Waals surface area contributed by atoms with Crippen molar-refractivity contribution in [3.63, 3.8) is 0 Å². The lowest BCUT2D eigenvalue weighted by atomic mass is 9.99. The van der Waals surface area contributed by atoms with Crippen molar-refractivity contribution >= 4 is 11.6 Å². The van der Waals surface area contributed by atoms with E-state index in [4.69, 9.17) is 0 Å². The van der Waals surface area contributed by atoms with Gasteiger partial charge in [0.25, 0.3) is 0 Å². The lowest BCUT2D eigenvalue weighted by Gasteiger charge is -2.30. The molecule has 3 aromatic rings. The van der Waals surface area contributed by atoms with Crippen LogP contribution < -0.4 is 5.32 Å². The normalized spacial score (nSPS) is 15.8. The number of carbonyl (C=O) groups is 1. The Morgan fingerprint density at radius 1 is 1.11 bits per heavy atom. The maximum atomic E-state index is 12.3. The summed E-state index contributed by atoms with van der Waals surface area (Å²) in [5.74, 6) is 0.859. The molecule has 1 fully saturated rings. The van der Waals surface area contributed by atoms with E-state index in [9.17, 15) is 4.79 Å². The number of carbonyl (C=O) groups excluding carboxylic acids is 1. The topological polar surface area (TPSA) is 49.6 Å². The molecule has 2 aromatic heterocycles. The summed E-state index contributed by atoms with van der Waals surface area (Å²) in [6.45, 7) is 6.31. The number of rotatable bonds is 6. The molecule has 1 saturated heterocycles. The number of piperidine rings is 1. The number of pyridine rings is 1. The molecule has 5 nitrogen and oxygen atoms in total. The maximum Gasteiger partial charge on any atom is 0.226 e. The first-order valence-electron chi connectivity index (χ1n) is 10.2. The van der Waals surface area contributed by atoms with E-state index in [1.807, 2.05) is 35.0 Å². The molecule has 1 aromatic carbocycles. The van der Waals surface area contributed by atoms with Gasteiger partial charge in [-0.2, -0.15) is 0 Å². The molecule has 5 heteroatoms. The number of hydrogen-bond acceptors (Lipinski definition) is 3. The van der Waals surface area contributed by atoms with Gasteiger partial charge in [0.05, 0.1) is 12.1 Å². The SMILES string of the molecule is CC1CCN(Cc2ccc(CNC(=O)Cc3cn4ccccc4n3)cc2)CC1. The fourth-order valence-corrected chi connectivity index (χ4v) is 3.74. The van der Waals surface area contributed by atoms with E-state index in [0.717, 1.165) is 29.4 Å². The summed E-state index contributed by atoms with van der Waals surface area (Å²) in [5.41, 5.74) is 4.12. The van der Waals surface area contributed by atoms with Gasteiger partial charge in [-0.3, -0.25) is 9.69 Å². The van der Waals surface area contributed by atoms with Crippen LogP contribution in [0.2, 0.25) is 0 Å². The highest BCUT2D eigenvalue weighted by Gasteiger charge is 2.15. The van der Waals surface area contributed by atoms with Gasteiger partial charge in [-0.15, -0.1) is 0 Å². The largest absolute Gasteiger partial charge is 0.352 e. The highest BCUT2D eigenvalue weighted by atomic mass is 16.1. The quantitative estimate of drug-likeness (QED) is 0.717. The average molecular weight is 377 g/mol. The number of nitrogens with zero attached hydrogens (tertiary/aromatic N) is 3. The number of fused-ring (bicyclic) bond motifs is 1. The Bertz CT molecular complexity index is 890. The molecule has 0 radical (unpaired) electrons. The van der Waals surface area contributed by atoms with Crippen molar-refractivity contribution in [1.29, 1.82) is 0 Å². The predicted octanol–water partition coefficient (Wildman–Crippen LogP) is 3.43. The van der Waals surface area contributed by atoms with Crippen molar-refractivity contribution in [3.05, 3.63) is 71.7 Å². The third-order valence-electron chi connectivity index (χ3n) is 5.55. The second kappa shape index (κ2) is 8.57. The molecule has 1 aliphatic heterocycles. The Balaban J connectivity index is 1.25. The molecule has 0 unspecified atom stereocenters. The first-order chi connectivity index (χ1) is 13.7. The summed E-state index contributed by atoms with van der Waals surface area (Å²) >= 11 is 0. The molecule has 1 aliphatic rings. The van der Waals surface area contributed by atoms with Gasteiger partial charge in [0.15, 0.2) is 0 Å². The fourth-order valence-electron chi connectivity index (χ4n) is 3.74. The Labute approximate surface area is 166 Å². The third-order valence-corrected chi connectivity index (χ3v) is 5.55. The smallest absolute Gasteiger partial charge is 0.226 e. The molecule has 0 spiro atoms. The molecule has 0 saturated carbocycles. The molecule has 0 atom stereocenters. The zero-order valence-corrected chi connectivity index (χ0v) is 16.5. The van der Waals surface area contributed by atoms with E-state index in [1.165, 1.54) is 31.5 Å². The van der Waals surface area contributed by atoms with Gasteiger partial charge in [0.1, 0.15) is 5.65 Å². The van der Waals surface area contributed by atoms with Crippen LogP contribution >= 0.6 is 0 Å². The van der Waals surface area contributed by atoms with Crippen molar-refractivity contribution < 1.29 is 4.79 Å². The Kier molecular flexibility index (Phi) is 5.72.